The second-order valence-corrected chi connectivity index (χ2v) is 17.2. The number of aliphatic hydroxyl groups is 3. The first kappa shape index (κ1) is 46.4. The van der Waals surface area contributed by atoms with Gasteiger partial charge in [-0.1, -0.05) is 69.7 Å². The molecule has 332 valence electrons. The first-order chi connectivity index (χ1) is 29.3. The highest BCUT2D eigenvalue weighted by molar-refractivity contribution is 6.34. The van der Waals surface area contributed by atoms with Gasteiger partial charge in [0.2, 0.25) is 11.6 Å². The second-order valence-electron chi connectivity index (χ2n) is 16.8. The molecule has 1 aliphatic carbocycles. The molecule has 5 bridgehead atoms. The normalized spacial score (nSPS) is 29.9. The Balaban J connectivity index is 1.56. The molecule has 9 atom stereocenters. The molecule has 1 saturated heterocycles. The van der Waals surface area contributed by atoms with Gasteiger partial charge in [0.05, 0.1) is 58.0 Å². The zero-order chi connectivity index (χ0) is 45.4. The molecule has 62 heavy (non-hydrogen) atoms. The van der Waals surface area contributed by atoms with Gasteiger partial charge in [-0.25, -0.2) is 4.79 Å². The summed E-state index contributed by atoms with van der Waals surface area (Å²) in [5.74, 6) is -9.35. The average molecular weight is 875 g/mol. The van der Waals surface area contributed by atoms with E-state index >= 15 is 9.59 Å². The number of methoxy groups -OCH3 is 1. The third kappa shape index (κ3) is 8.63. The van der Waals surface area contributed by atoms with Crippen LogP contribution in [0.2, 0.25) is 5.02 Å². The minimum absolute atomic E-state index is 0.0217. The van der Waals surface area contributed by atoms with Gasteiger partial charge in [0.1, 0.15) is 22.9 Å². The van der Waals surface area contributed by atoms with Gasteiger partial charge in [-0.2, -0.15) is 0 Å². The van der Waals surface area contributed by atoms with Crippen molar-refractivity contribution in [1.82, 2.24) is 10.2 Å². The predicted octanol–water partition coefficient (Wildman–Crippen LogP) is 6.04. The molecule has 4 N–H and O–H groups in total. The number of fused-ring (bicyclic) bond motifs is 14. The number of ether oxygens (including phenoxy) is 4. The molecule has 4 heterocycles. The van der Waals surface area contributed by atoms with Crippen LogP contribution in [0.25, 0.3) is 0 Å². The molecule has 1 fully saturated rings. The third-order valence-electron chi connectivity index (χ3n) is 12.6. The van der Waals surface area contributed by atoms with E-state index in [2.05, 4.69) is 5.32 Å². The number of carbonyl (C=O) groups is 5. The topological polar surface area (TPSA) is 198 Å². The number of hydrogen-bond donors (Lipinski definition) is 4. The van der Waals surface area contributed by atoms with Gasteiger partial charge in [-0.15, -0.1) is 0 Å². The van der Waals surface area contributed by atoms with E-state index in [-0.39, 0.29) is 55.7 Å². The smallest absolute Gasteiger partial charge is 0.345 e. The fourth-order valence-corrected chi connectivity index (χ4v) is 8.81. The van der Waals surface area contributed by atoms with Gasteiger partial charge < -0.3 is 44.5 Å². The van der Waals surface area contributed by atoms with Crippen molar-refractivity contribution in [2.24, 2.45) is 23.7 Å². The maximum atomic E-state index is 15.2. The van der Waals surface area contributed by atoms with Gasteiger partial charge in [0, 0.05) is 61.9 Å². The maximum Gasteiger partial charge on any atom is 0.345 e. The Labute approximate surface area is 366 Å². The Bertz CT molecular complexity index is 2280. The number of rotatable bonds is 4. The van der Waals surface area contributed by atoms with Gasteiger partial charge >= 0.3 is 11.8 Å². The molecule has 1 amide bonds. The molecular weight excluding hydrogens is 820 g/mol. The molecule has 4 aliphatic heterocycles. The van der Waals surface area contributed by atoms with Crippen LogP contribution in [0.4, 0.5) is 0 Å². The van der Waals surface area contributed by atoms with Crippen LogP contribution in [0.5, 0.6) is 11.5 Å². The number of allylic oxidation sites excluding steroid dienone is 4. The predicted molar refractivity (Wildman–Crippen MR) is 229 cm³/mol. The highest BCUT2D eigenvalue weighted by Gasteiger charge is 2.53. The van der Waals surface area contributed by atoms with Gasteiger partial charge in [-0.3, -0.25) is 19.2 Å². The van der Waals surface area contributed by atoms with E-state index in [1.165, 1.54) is 58.4 Å². The van der Waals surface area contributed by atoms with Crippen LogP contribution in [-0.2, 0) is 14.3 Å². The Morgan fingerprint density at radius 1 is 0.871 bits per heavy atom. The van der Waals surface area contributed by atoms with Crippen LogP contribution in [0.1, 0.15) is 108 Å². The summed E-state index contributed by atoms with van der Waals surface area (Å²) in [7, 11) is 1.42. The number of nitrogens with zero attached hydrogens (tertiary/aromatic N) is 1. The Morgan fingerprint density at radius 2 is 1.52 bits per heavy atom. The monoisotopic (exact) mass is 874 g/mol. The van der Waals surface area contributed by atoms with E-state index in [0.29, 0.717) is 25.9 Å². The maximum absolute atomic E-state index is 15.2. The number of halogens is 1. The summed E-state index contributed by atoms with van der Waals surface area (Å²) < 4.78 is 23.9. The molecule has 0 spiro atoms. The number of hydrogen-bond acceptors (Lipinski definition) is 13. The van der Waals surface area contributed by atoms with Crippen molar-refractivity contribution in [2.75, 3.05) is 20.2 Å². The number of ketones is 3. The molecular formula is C47H55ClN2O12. The molecule has 0 saturated carbocycles. The van der Waals surface area contributed by atoms with E-state index in [9.17, 15) is 29.7 Å². The fraction of sp³-hybridized carbons (Fsp3) is 0.468. The first-order valence-corrected chi connectivity index (χ1v) is 21.3. The number of nitrogens with one attached hydrogen (secondary N) is 1. The second kappa shape index (κ2) is 18.7. The number of Topliss-reactive ketones (excluding diaryl/α,β-unsaturated/α-hetero) is 3. The Morgan fingerprint density at radius 3 is 2.18 bits per heavy atom. The molecule has 14 nitrogen and oxygen atoms in total. The van der Waals surface area contributed by atoms with Crippen LogP contribution in [0.3, 0.4) is 0 Å². The van der Waals surface area contributed by atoms with E-state index in [1.54, 1.807) is 56.9 Å². The van der Waals surface area contributed by atoms with Crippen LogP contribution < -0.4 is 14.8 Å². The third-order valence-corrected chi connectivity index (χ3v) is 12.9. The van der Waals surface area contributed by atoms with Crippen molar-refractivity contribution in [1.29, 1.82) is 0 Å². The van der Waals surface area contributed by atoms with Crippen molar-refractivity contribution in [2.45, 2.75) is 97.9 Å². The van der Waals surface area contributed by atoms with Gasteiger partial charge in [0.15, 0.2) is 0 Å². The molecule has 0 unspecified atom stereocenters. The Hall–Kier alpha value is -5.12. The largest absolute Gasteiger partial charge is 0.454 e. The lowest BCUT2D eigenvalue weighted by Crippen LogP contribution is -2.45. The van der Waals surface area contributed by atoms with Crippen LogP contribution >= 0.6 is 11.6 Å². The summed E-state index contributed by atoms with van der Waals surface area (Å²) in [6.45, 7) is 11.9. The number of benzene rings is 2. The summed E-state index contributed by atoms with van der Waals surface area (Å²) in [6, 6.07) is 6.10. The quantitative estimate of drug-likeness (QED) is 0.205. The van der Waals surface area contributed by atoms with Crippen molar-refractivity contribution in [3.63, 3.8) is 0 Å². The standard InChI is InChI=1S/C47H55ClN2O12/c1-23-15-14-16-24(2)45(57)49-35-36(50-20-12-9-13-21-50)41(55)32-33(40(35)54)42(61-46(58)29-17-10-11-18-30(29)48)28(6)43-34(32)44(56)47(7,62-43)60-22-19-31(59-8)25(3)38(52)27(5)39(53)26(4)37(23)51/h10-11,14-19,22-23,25-27,31,37-39,51-53H,9,12-13,20-21H2,1-8H3,(H,49,57)/t23-,25+,26+,27+,31-,37-,38+,39-,47-/m0/s1. The van der Waals surface area contributed by atoms with Crippen molar-refractivity contribution < 1.29 is 58.2 Å². The summed E-state index contributed by atoms with van der Waals surface area (Å²) in [5, 5.41) is 36.8. The minimum Gasteiger partial charge on any atom is -0.454 e. The molecule has 7 rings (SSSR count). The fourth-order valence-electron chi connectivity index (χ4n) is 8.59. The van der Waals surface area contributed by atoms with Crippen LogP contribution in [0.15, 0.2) is 71.8 Å². The molecule has 2 aromatic rings. The Kier molecular flexibility index (Phi) is 14.0. The lowest BCUT2D eigenvalue weighted by molar-refractivity contribution is -0.116. The SMILES string of the molecule is CO[C@H]1C=CO[C@@]2(C)Oc3c(C)c(OC(=O)c4ccccc4Cl)c4c(c3C2=O)C(=O)C(N2CCCCC2)=C(NC(=O)C(C)=CC=C[C@H](C)[C@H](O)[C@@H](C)[C@H](O)[C@H](C)[C@H](O)[C@@H]1C)C4=O. The summed E-state index contributed by atoms with van der Waals surface area (Å²) >= 11 is 6.37. The minimum atomic E-state index is -2.12. The summed E-state index contributed by atoms with van der Waals surface area (Å²) in [4.78, 5) is 74.5. The number of esters is 1. The molecule has 15 heteroatoms. The summed E-state index contributed by atoms with van der Waals surface area (Å²) in [6.07, 6.45) is 5.50. The van der Waals surface area contributed by atoms with Crippen molar-refractivity contribution >= 4 is 40.8 Å². The molecule has 0 radical (unpaired) electrons. The zero-order valence-corrected chi connectivity index (χ0v) is 36.9. The zero-order valence-electron chi connectivity index (χ0n) is 36.2. The van der Waals surface area contributed by atoms with E-state index in [0.717, 1.165) is 6.42 Å². The van der Waals surface area contributed by atoms with Crippen LogP contribution in [0, 0.1) is 30.6 Å². The highest BCUT2D eigenvalue weighted by Crippen LogP contribution is 2.50. The highest BCUT2D eigenvalue weighted by atomic mass is 35.5. The lowest BCUT2D eigenvalue weighted by atomic mass is 9.78. The number of amides is 1. The van der Waals surface area contributed by atoms with Gasteiger partial charge in [-0.05, 0) is 51.3 Å². The van der Waals surface area contributed by atoms with Gasteiger partial charge in [0.25, 0.3) is 11.7 Å². The molecule has 2 aromatic carbocycles. The molecule has 0 aromatic heterocycles. The molecule has 5 aliphatic rings. The number of likely N-dealkylation sites (tertiary alicyclic amines) is 1. The van der Waals surface area contributed by atoms with Crippen LogP contribution in [-0.4, -0.2) is 99.8 Å². The number of piperidine rings is 1. The van der Waals surface area contributed by atoms with E-state index in [4.69, 9.17) is 30.5 Å². The average Bonchev–Trinajstić information content (AvgIpc) is 3.52. The lowest BCUT2D eigenvalue weighted by Gasteiger charge is -2.36. The summed E-state index contributed by atoms with van der Waals surface area (Å²) in [5.41, 5.74) is -1.42. The van der Waals surface area contributed by atoms with E-state index in [1.807, 2.05) is 0 Å². The van der Waals surface area contributed by atoms with Crippen molar-refractivity contribution in [3.05, 3.63) is 105 Å². The van der Waals surface area contributed by atoms with Crippen molar-refractivity contribution in [3.8, 4) is 11.5 Å². The number of aliphatic hydroxyl groups excluding tert-OH is 3. The first-order valence-electron chi connectivity index (χ1n) is 20.9. The number of carbonyl (C=O) groups excluding carboxylic acids is 5. The van der Waals surface area contributed by atoms with E-state index < -0.39 is 88.7 Å².